The Hall–Kier alpha value is -1.71. The lowest BCUT2D eigenvalue weighted by atomic mass is 10.00. The van der Waals surface area contributed by atoms with Crippen LogP contribution in [0.2, 0.25) is 0 Å². The number of hydrogen-bond acceptors (Lipinski definition) is 3. The van der Waals surface area contributed by atoms with Crippen molar-refractivity contribution in [1.29, 1.82) is 0 Å². The van der Waals surface area contributed by atoms with Crippen molar-refractivity contribution in [1.82, 2.24) is 5.32 Å². The fourth-order valence-electron chi connectivity index (χ4n) is 3.83. The van der Waals surface area contributed by atoms with Crippen molar-refractivity contribution < 1.29 is 4.79 Å². The fraction of sp³-hybridized carbons (Fsp3) is 0.611. The predicted molar refractivity (Wildman–Crippen MR) is 88.8 cm³/mol. The summed E-state index contributed by atoms with van der Waals surface area (Å²) in [5.41, 5.74) is 9.30. The number of carbonyl (C=O) groups excluding carboxylic acids is 1. The lowest BCUT2D eigenvalue weighted by Gasteiger charge is -2.32. The number of fused-ring (bicyclic) bond motifs is 1. The van der Waals surface area contributed by atoms with Crippen LogP contribution < -0.4 is 16.0 Å². The van der Waals surface area contributed by atoms with Crippen LogP contribution in [0, 0.1) is 11.8 Å². The van der Waals surface area contributed by atoms with Gasteiger partial charge in [0.05, 0.1) is 6.54 Å². The van der Waals surface area contributed by atoms with Gasteiger partial charge in [0.15, 0.2) is 0 Å². The first-order valence-corrected chi connectivity index (χ1v) is 8.64. The number of rotatable bonds is 5. The average molecular weight is 299 g/mol. The van der Waals surface area contributed by atoms with E-state index in [2.05, 4.69) is 16.3 Å². The van der Waals surface area contributed by atoms with Crippen molar-refractivity contribution >= 4 is 17.3 Å². The maximum absolute atomic E-state index is 12.5. The fourth-order valence-corrected chi connectivity index (χ4v) is 3.83. The van der Waals surface area contributed by atoms with E-state index < -0.39 is 0 Å². The molecule has 3 aliphatic rings. The summed E-state index contributed by atoms with van der Waals surface area (Å²) in [4.78, 5) is 14.7. The molecule has 22 heavy (non-hydrogen) atoms. The standard InChI is InChI=1S/C18H25N3O/c19-15-4-1-5-16-14(15)3-2-10-21(16)11-17(22)20-18(12-6-7-12)13-8-9-13/h1,4-5,12-13,18H,2-3,6-11,19H2,(H,20,22). The maximum Gasteiger partial charge on any atom is 0.239 e. The molecule has 4 rings (SSSR count). The van der Waals surface area contributed by atoms with Gasteiger partial charge in [0.1, 0.15) is 0 Å². The topological polar surface area (TPSA) is 58.4 Å². The van der Waals surface area contributed by atoms with E-state index >= 15 is 0 Å². The van der Waals surface area contributed by atoms with Crippen molar-refractivity contribution in [2.75, 3.05) is 23.7 Å². The molecular weight excluding hydrogens is 274 g/mol. The molecule has 118 valence electrons. The molecule has 0 spiro atoms. The Morgan fingerprint density at radius 1 is 1.27 bits per heavy atom. The summed E-state index contributed by atoms with van der Waals surface area (Å²) in [6.07, 6.45) is 7.28. The molecule has 2 saturated carbocycles. The Morgan fingerprint density at radius 2 is 2.00 bits per heavy atom. The van der Waals surface area contributed by atoms with E-state index in [1.54, 1.807) is 0 Å². The molecule has 4 nitrogen and oxygen atoms in total. The van der Waals surface area contributed by atoms with Crippen LogP contribution >= 0.6 is 0 Å². The largest absolute Gasteiger partial charge is 0.398 e. The average Bonchev–Trinajstić information content (AvgIpc) is 3.39. The first-order valence-electron chi connectivity index (χ1n) is 8.64. The number of amides is 1. The number of nitrogens with zero attached hydrogens (tertiary/aromatic N) is 1. The second kappa shape index (κ2) is 5.49. The molecule has 0 aromatic heterocycles. The summed E-state index contributed by atoms with van der Waals surface area (Å²) >= 11 is 0. The van der Waals surface area contributed by atoms with Crippen LogP contribution in [0.15, 0.2) is 18.2 Å². The van der Waals surface area contributed by atoms with E-state index in [1.807, 2.05) is 12.1 Å². The third-order valence-electron chi connectivity index (χ3n) is 5.30. The quantitative estimate of drug-likeness (QED) is 0.820. The van der Waals surface area contributed by atoms with Crippen molar-refractivity contribution in [3.05, 3.63) is 23.8 Å². The summed E-state index contributed by atoms with van der Waals surface area (Å²) in [5, 5.41) is 3.32. The van der Waals surface area contributed by atoms with Crippen LogP contribution in [0.4, 0.5) is 11.4 Å². The minimum absolute atomic E-state index is 0.180. The summed E-state index contributed by atoms with van der Waals surface area (Å²) in [5.74, 6) is 1.68. The van der Waals surface area contributed by atoms with Gasteiger partial charge in [-0.2, -0.15) is 0 Å². The summed E-state index contributed by atoms with van der Waals surface area (Å²) in [6, 6.07) is 6.48. The SMILES string of the molecule is Nc1cccc2c1CCCN2CC(=O)NC(C1CC1)C1CC1. The smallest absolute Gasteiger partial charge is 0.239 e. The van der Waals surface area contributed by atoms with Gasteiger partial charge in [-0.3, -0.25) is 4.79 Å². The number of anilines is 2. The second-order valence-electron chi connectivity index (χ2n) is 7.14. The van der Waals surface area contributed by atoms with Crippen LogP contribution in [0.5, 0.6) is 0 Å². The first kappa shape index (κ1) is 13.9. The molecule has 1 aliphatic heterocycles. The van der Waals surface area contributed by atoms with Crippen LogP contribution in [-0.4, -0.2) is 25.0 Å². The Kier molecular flexibility index (Phi) is 3.47. The van der Waals surface area contributed by atoms with Gasteiger partial charge in [-0.05, 0) is 68.1 Å². The highest BCUT2D eigenvalue weighted by atomic mass is 16.2. The second-order valence-corrected chi connectivity index (χ2v) is 7.14. The summed E-state index contributed by atoms with van der Waals surface area (Å²) < 4.78 is 0. The normalized spacial score (nSPS) is 20.9. The van der Waals surface area contributed by atoms with E-state index in [-0.39, 0.29) is 5.91 Å². The van der Waals surface area contributed by atoms with Crippen molar-refractivity contribution in [3.63, 3.8) is 0 Å². The number of nitrogens with two attached hydrogens (primary N) is 1. The number of benzene rings is 1. The van der Waals surface area contributed by atoms with Crippen LogP contribution in [0.25, 0.3) is 0 Å². The van der Waals surface area contributed by atoms with E-state index in [9.17, 15) is 4.79 Å². The van der Waals surface area contributed by atoms with Crippen LogP contribution in [-0.2, 0) is 11.2 Å². The number of nitrogens with one attached hydrogen (secondary N) is 1. The number of carbonyl (C=O) groups is 1. The molecular formula is C18H25N3O. The molecule has 4 heteroatoms. The van der Waals surface area contributed by atoms with E-state index in [1.165, 1.54) is 31.2 Å². The molecule has 0 saturated heterocycles. The number of hydrogen-bond donors (Lipinski definition) is 2. The molecule has 0 unspecified atom stereocenters. The van der Waals surface area contributed by atoms with Crippen molar-refractivity contribution in [2.45, 2.75) is 44.6 Å². The zero-order valence-electron chi connectivity index (χ0n) is 13.1. The highest BCUT2D eigenvalue weighted by molar-refractivity contribution is 5.83. The lowest BCUT2D eigenvalue weighted by Crippen LogP contribution is -2.45. The molecule has 1 amide bonds. The molecule has 1 aromatic rings. The van der Waals surface area contributed by atoms with Gasteiger partial charge in [-0.25, -0.2) is 0 Å². The summed E-state index contributed by atoms with van der Waals surface area (Å²) in [7, 11) is 0. The molecule has 2 fully saturated rings. The first-order chi connectivity index (χ1) is 10.7. The molecule has 2 aliphatic carbocycles. The third-order valence-corrected chi connectivity index (χ3v) is 5.30. The van der Waals surface area contributed by atoms with Gasteiger partial charge in [0.2, 0.25) is 5.91 Å². The van der Waals surface area contributed by atoms with Gasteiger partial charge in [0, 0.05) is 24.0 Å². The Morgan fingerprint density at radius 3 is 2.68 bits per heavy atom. The molecule has 1 aromatic carbocycles. The molecule has 3 N–H and O–H groups in total. The van der Waals surface area contributed by atoms with E-state index in [4.69, 9.17) is 5.73 Å². The highest BCUT2D eigenvalue weighted by Crippen LogP contribution is 2.44. The Labute approximate surface area is 132 Å². The van der Waals surface area contributed by atoms with Gasteiger partial charge >= 0.3 is 0 Å². The van der Waals surface area contributed by atoms with Crippen LogP contribution in [0.3, 0.4) is 0 Å². The minimum Gasteiger partial charge on any atom is -0.398 e. The third kappa shape index (κ3) is 2.79. The van der Waals surface area contributed by atoms with Gasteiger partial charge < -0.3 is 16.0 Å². The lowest BCUT2D eigenvalue weighted by molar-refractivity contribution is -0.120. The number of nitrogen functional groups attached to an aromatic ring is 1. The minimum atomic E-state index is 0.180. The Bertz CT molecular complexity index is 566. The van der Waals surface area contributed by atoms with E-state index in [0.717, 1.165) is 42.6 Å². The van der Waals surface area contributed by atoms with E-state index in [0.29, 0.717) is 12.6 Å². The van der Waals surface area contributed by atoms with Gasteiger partial charge in [-0.1, -0.05) is 6.07 Å². The zero-order valence-corrected chi connectivity index (χ0v) is 13.1. The van der Waals surface area contributed by atoms with Crippen molar-refractivity contribution in [3.8, 4) is 0 Å². The molecule has 0 radical (unpaired) electrons. The maximum atomic E-state index is 12.5. The molecule has 1 heterocycles. The monoisotopic (exact) mass is 299 g/mol. The predicted octanol–water partition coefficient (Wildman–Crippen LogP) is 2.33. The van der Waals surface area contributed by atoms with Crippen molar-refractivity contribution in [2.24, 2.45) is 11.8 Å². The Balaban J connectivity index is 1.43. The molecule has 0 atom stereocenters. The van der Waals surface area contributed by atoms with Gasteiger partial charge in [-0.15, -0.1) is 0 Å². The summed E-state index contributed by atoms with van der Waals surface area (Å²) in [6.45, 7) is 1.41. The zero-order chi connectivity index (χ0) is 15.1. The molecule has 0 bridgehead atoms. The highest BCUT2D eigenvalue weighted by Gasteiger charge is 2.42. The van der Waals surface area contributed by atoms with Crippen LogP contribution in [0.1, 0.15) is 37.7 Å². The van der Waals surface area contributed by atoms with Gasteiger partial charge in [0.25, 0.3) is 0 Å².